The summed E-state index contributed by atoms with van der Waals surface area (Å²) in [6, 6.07) is 14.7. The molecule has 0 aliphatic carbocycles. The van der Waals surface area contributed by atoms with Gasteiger partial charge in [-0.3, -0.25) is 9.59 Å². The summed E-state index contributed by atoms with van der Waals surface area (Å²) in [4.78, 5) is 54.3. The number of nitrogens with zero attached hydrogens (tertiary/aromatic N) is 8. The maximum absolute atomic E-state index is 12.3. The molecule has 2 aromatic carbocycles. The largest absolute Gasteiger partial charge is 0.481 e. The van der Waals surface area contributed by atoms with E-state index in [1.807, 2.05) is 18.2 Å². The lowest BCUT2D eigenvalue weighted by atomic mass is 10.1. The second kappa shape index (κ2) is 24.0. The van der Waals surface area contributed by atoms with Gasteiger partial charge >= 0.3 is 0 Å². The van der Waals surface area contributed by atoms with E-state index in [4.69, 9.17) is 43.4 Å². The maximum atomic E-state index is 12.3. The van der Waals surface area contributed by atoms with Crippen LogP contribution in [0.3, 0.4) is 0 Å². The molecule has 2 aliphatic rings. The number of methoxy groups -OCH3 is 2. The van der Waals surface area contributed by atoms with Crippen molar-refractivity contribution in [2.24, 2.45) is 0 Å². The first kappa shape index (κ1) is 51.0. The quantitative estimate of drug-likeness (QED) is 0.0907. The van der Waals surface area contributed by atoms with Crippen LogP contribution in [0, 0.1) is 0 Å². The number of hydrogen-bond donors (Lipinski definition) is 4. The van der Waals surface area contributed by atoms with Gasteiger partial charge in [0.1, 0.15) is 0 Å². The van der Waals surface area contributed by atoms with E-state index in [9.17, 15) is 9.59 Å². The molecule has 8 rings (SSSR count). The van der Waals surface area contributed by atoms with Crippen LogP contribution in [0.15, 0.2) is 77.8 Å². The molecule has 19 heteroatoms. The van der Waals surface area contributed by atoms with Crippen LogP contribution in [-0.4, -0.2) is 107 Å². The Kier molecular flexibility index (Phi) is 18.5. The third-order valence-corrected chi connectivity index (χ3v) is 10.9. The fourth-order valence-electron chi connectivity index (χ4n) is 7.06. The van der Waals surface area contributed by atoms with E-state index in [0.29, 0.717) is 44.6 Å². The van der Waals surface area contributed by atoms with Gasteiger partial charge in [0.05, 0.1) is 61.7 Å². The number of nitrogens with two attached hydrogens (primary N) is 1. The average Bonchev–Trinajstić information content (AvgIpc) is 3.48. The van der Waals surface area contributed by atoms with E-state index in [1.165, 1.54) is 0 Å². The number of nitrogens with one attached hydrogen (secondary N) is 3. The monoisotopic (exact) mass is 1000 g/mol. The standard InChI is InChI=1S/C23H25ClN6O2.C12H9ClN4O.C11H17BrN2O.CH4/c1-30(2)8-4-5-14-9-17(13-25-22(14)32-3)27-23-26-12-15-10-20(31)28-19-11-16(24)6-7-18(19)21(15)29-23;13-7-1-2-8-9(4-7)16-10(18)3-6-5-15-12(14)17-11(6)8;1-14(2)6-4-5-9-7-10(12)8-13-11(9)15-3;/h6-7,9,11-13H,4-5,8,10H2,1-3H3,(H,28,31)(H,26,27,29);1-2,4-5H,3H2,(H,16,18)(H2,14,15,17);7-8H,4-6H2,1-3H3;1H4. The van der Waals surface area contributed by atoms with Gasteiger partial charge in [0.15, 0.2) is 0 Å². The van der Waals surface area contributed by atoms with Crippen LogP contribution >= 0.6 is 39.1 Å². The number of rotatable bonds is 12. The van der Waals surface area contributed by atoms with Crippen LogP contribution in [0.1, 0.15) is 42.5 Å². The minimum atomic E-state index is -0.127. The highest BCUT2D eigenvalue weighted by atomic mass is 79.9. The molecule has 0 radical (unpaired) electrons. The Morgan fingerprint density at radius 2 is 1.20 bits per heavy atom. The molecular formula is C47H55BrCl2N12O4. The SMILES string of the molecule is C.COc1ncc(Br)cc1CCCN(C)C.COc1ncc(Nc2ncc3c(n2)-c2ccc(Cl)cc2NC(=O)C3)cc1CCCN(C)C.Nc1ncc2c(n1)-c1ccc(Cl)cc1NC(=O)C2. The summed E-state index contributed by atoms with van der Waals surface area (Å²) in [6.45, 7) is 2.06. The summed E-state index contributed by atoms with van der Waals surface area (Å²) in [6.07, 6.45) is 11.1. The van der Waals surface area contributed by atoms with Crippen molar-refractivity contribution in [1.29, 1.82) is 0 Å². The Labute approximate surface area is 404 Å². The predicted octanol–water partition coefficient (Wildman–Crippen LogP) is 8.79. The molecule has 0 bridgehead atoms. The van der Waals surface area contributed by atoms with Crippen LogP contribution in [0.2, 0.25) is 10.0 Å². The lowest BCUT2D eigenvalue weighted by Crippen LogP contribution is -2.13. The predicted molar refractivity (Wildman–Crippen MR) is 267 cm³/mol. The van der Waals surface area contributed by atoms with Crippen molar-refractivity contribution in [1.82, 2.24) is 39.7 Å². The third kappa shape index (κ3) is 14.0. The Hall–Kier alpha value is -5.98. The van der Waals surface area contributed by atoms with E-state index in [1.54, 1.807) is 63.3 Å². The van der Waals surface area contributed by atoms with Gasteiger partial charge in [-0.1, -0.05) is 30.6 Å². The minimum absolute atomic E-state index is 0. The number of pyridine rings is 2. The second-order valence-electron chi connectivity index (χ2n) is 15.7. The average molecular weight is 1000 g/mol. The highest BCUT2D eigenvalue weighted by molar-refractivity contribution is 9.10. The molecule has 0 saturated carbocycles. The highest BCUT2D eigenvalue weighted by Crippen LogP contribution is 2.36. The number of nitrogen functional groups attached to an aromatic ring is 1. The zero-order valence-corrected chi connectivity index (χ0v) is 40.1. The third-order valence-electron chi connectivity index (χ3n) is 10.0. The molecule has 2 amide bonds. The van der Waals surface area contributed by atoms with E-state index in [-0.39, 0.29) is 38.0 Å². The smallest absolute Gasteiger partial charge is 0.228 e. The van der Waals surface area contributed by atoms with Gasteiger partial charge in [-0.05, 0) is 131 Å². The number of anilines is 5. The lowest BCUT2D eigenvalue weighted by molar-refractivity contribution is -0.116. The van der Waals surface area contributed by atoms with Crippen molar-refractivity contribution in [3.05, 3.63) is 110 Å². The number of carbonyl (C=O) groups is 2. The Bertz CT molecular complexity index is 2650. The molecular weight excluding hydrogens is 947 g/mol. The summed E-state index contributed by atoms with van der Waals surface area (Å²) in [5, 5.41) is 10.0. The number of aryl methyl sites for hydroxylation is 2. The first-order chi connectivity index (χ1) is 31.2. The Morgan fingerprint density at radius 1 is 0.697 bits per heavy atom. The molecule has 0 fully saturated rings. The molecule has 66 heavy (non-hydrogen) atoms. The van der Waals surface area contributed by atoms with Gasteiger partial charge in [0.25, 0.3) is 0 Å². The number of benzene rings is 2. The summed E-state index contributed by atoms with van der Waals surface area (Å²) in [5.41, 5.74) is 14.3. The first-order valence-electron chi connectivity index (χ1n) is 20.6. The fourth-order valence-corrected chi connectivity index (χ4v) is 7.78. The zero-order chi connectivity index (χ0) is 46.6. The molecule has 0 unspecified atom stereocenters. The molecule has 348 valence electrons. The molecule has 0 spiro atoms. The number of aromatic nitrogens is 6. The second-order valence-corrected chi connectivity index (χ2v) is 17.4. The first-order valence-corrected chi connectivity index (χ1v) is 22.2. The zero-order valence-electron chi connectivity index (χ0n) is 37.0. The van der Waals surface area contributed by atoms with Gasteiger partial charge in [-0.2, -0.15) is 0 Å². The molecule has 6 aromatic rings. The van der Waals surface area contributed by atoms with Crippen LogP contribution < -0.4 is 31.2 Å². The lowest BCUT2D eigenvalue weighted by Gasteiger charge is -2.13. The number of hydrogen-bond acceptors (Lipinski definition) is 14. The van der Waals surface area contributed by atoms with Gasteiger partial charge < -0.3 is 41.0 Å². The van der Waals surface area contributed by atoms with Crippen LogP contribution in [0.25, 0.3) is 22.5 Å². The van der Waals surface area contributed by atoms with Crippen molar-refractivity contribution in [2.45, 2.75) is 46.0 Å². The Balaban J connectivity index is 0.000000203. The number of fused-ring (bicyclic) bond motifs is 6. The van der Waals surface area contributed by atoms with Crippen LogP contribution in [-0.2, 0) is 35.3 Å². The van der Waals surface area contributed by atoms with Crippen molar-refractivity contribution < 1.29 is 19.1 Å². The molecule has 4 aromatic heterocycles. The molecule has 16 nitrogen and oxygen atoms in total. The van der Waals surface area contributed by atoms with Gasteiger partial charge in [0, 0.05) is 66.5 Å². The van der Waals surface area contributed by atoms with Gasteiger partial charge in [-0.25, -0.2) is 29.9 Å². The molecule has 0 saturated heterocycles. The normalized spacial score (nSPS) is 12.2. The van der Waals surface area contributed by atoms with Crippen LogP contribution in [0.5, 0.6) is 11.8 Å². The number of ether oxygens (including phenoxy) is 2. The minimum Gasteiger partial charge on any atom is -0.481 e. The Morgan fingerprint density at radius 3 is 1.73 bits per heavy atom. The summed E-state index contributed by atoms with van der Waals surface area (Å²) < 4.78 is 11.6. The molecule has 6 heterocycles. The van der Waals surface area contributed by atoms with E-state index in [0.717, 1.165) is 88.2 Å². The van der Waals surface area contributed by atoms with E-state index in [2.05, 4.69) is 101 Å². The topological polar surface area (TPSA) is 199 Å². The summed E-state index contributed by atoms with van der Waals surface area (Å²) in [5.74, 6) is 1.71. The number of amides is 2. The number of carbonyl (C=O) groups excluding carboxylic acids is 2. The molecule has 2 aliphatic heterocycles. The van der Waals surface area contributed by atoms with Crippen LogP contribution in [0.4, 0.5) is 29.0 Å². The van der Waals surface area contributed by atoms with Gasteiger partial charge in [-0.15, -0.1) is 0 Å². The molecule has 5 N–H and O–H groups in total. The van der Waals surface area contributed by atoms with Crippen molar-refractivity contribution >= 4 is 79.9 Å². The summed E-state index contributed by atoms with van der Waals surface area (Å²) >= 11 is 15.5. The maximum Gasteiger partial charge on any atom is 0.228 e. The van der Waals surface area contributed by atoms with Gasteiger partial charge in [0.2, 0.25) is 35.5 Å². The van der Waals surface area contributed by atoms with E-state index >= 15 is 0 Å². The summed E-state index contributed by atoms with van der Waals surface area (Å²) in [7, 11) is 11.6. The van der Waals surface area contributed by atoms with Crippen molar-refractivity contribution in [2.75, 3.05) is 77.2 Å². The van der Waals surface area contributed by atoms with E-state index < -0.39 is 0 Å². The molecule has 0 atom stereocenters. The highest BCUT2D eigenvalue weighted by Gasteiger charge is 2.23. The van der Waals surface area contributed by atoms with Crippen molar-refractivity contribution in [3.8, 4) is 34.3 Å². The number of halogens is 3. The fraction of sp³-hybridized carbons (Fsp3) is 0.319. The van der Waals surface area contributed by atoms with Crippen molar-refractivity contribution in [3.63, 3.8) is 0 Å².